The second-order valence-corrected chi connectivity index (χ2v) is 7.08. The summed E-state index contributed by atoms with van der Waals surface area (Å²) in [4.78, 5) is 5.30. The number of hydrogen-bond donors (Lipinski definition) is 0. The zero-order valence-electron chi connectivity index (χ0n) is 14.0. The van der Waals surface area contributed by atoms with E-state index in [-0.39, 0.29) is 0 Å². The molecule has 0 N–H and O–H groups in total. The lowest BCUT2D eigenvalue weighted by Crippen LogP contribution is -2.54. The quantitative estimate of drug-likeness (QED) is 0.833. The van der Waals surface area contributed by atoms with Gasteiger partial charge in [-0.1, -0.05) is 6.92 Å². The third-order valence-corrected chi connectivity index (χ3v) is 5.17. The molecular formula is C17H30N4. The SMILES string of the molecule is CCC1CN(Cc2cnn(C)c2C2CC2)CCN1C(C)C. The molecule has 21 heavy (non-hydrogen) atoms. The molecule has 1 saturated carbocycles. The maximum Gasteiger partial charge on any atom is 0.0537 e. The smallest absolute Gasteiger partial charge is 0.0537 e. The number of piperazine rings is 1. The maximum atomic E-state index is 4.51. The Kier molecular flexibility index (Phi) is 4.36. The van der Waals surface area contributed by atoms with E-state index in [2.05, 4.69) is 53.6 Å². The van der Waals surface area contributed by atoms with Crippen LogP contribution in [-0.4, -0.2) is 51.3 Å². The Bertz CT molecular complexity index is 475. The van der Waals surface area contributed by atoms with Crippen molar-refractivity contribution < 1.29 is 0 Å². The zero-order chi connectivity index (χ0) is 15.0. The molecule has 0 amide bonds. The van der Waals surface area contributed by atoms with Crippen LogP contribution in [0.3, 0.4) is 0 Å². The summed E-state index contributed by atoms with van der Waals surface area (Å²) in [5.41, 5.74) is 2.96. The summed E-state index contributed by atoms with van der Waals surface area (Å²) in [6, 6.07) is 1.37. The van der Waals surface area contributed by atoms with Crippen LogP contribution in [0.5, 0.6) is 0 Å². The van der Waals surface area contributed by atoms with E-state index in [9.17, 15) is 0 Å². The van der Waals surface area contributed by atoms with Crippen LogP contribution in [0.25, 0.3) is 0 Å². The minimum absolute atomic E-state index is 0.664. The minimum Gasteiger partial charge on any atom is -0.296 e. The standard InChI is InChI=1S/C17H30N4/c1-5-16-12-20(8-9-21(16)13(2)3)11-15-10-18-19(4)17(15)14-6-7-14/h10,13-14,16H,5-9,11-12H2,1-4H3. The molecule has 0 radical (unpaired) electrons. The van der Waals surface area contributed by atoms with Gasteiger partial charge < -0.3 is 0 Å². The molecule has 1 atom stereocenters. The van der Waals surface area contributed by atoms with E-state index in [4.69, 9.17) is 0 Å². The van der Waals surface area contributed by atoms with Crippen molar-refractivity contribution in [2.45, 2.75) is 64.6 Å². The molecule has 4 heteroatoms. The highest BCUT2D eigenvalue weighted by atomic mass is 15.3. The molecule has 0 aromatic carbocycles. The lowest BCUT2D eigenvalue weighted by atomic mass is 10.1. The summed E-state index contributed by atoms with van der Waals surface area (Å²) in [6.07, 6.45) is 6.05. The van der Waals surface area contributed by atoms with E-state index in [1.54, 1.807) is 0 Å². The van der Waals surface area contributed by atoms with Gasteiger partial charge in [-0.3, -0.25) is 14.5 Å². The summed E-state index contributed by atoms with van der Waals surface area (Å²) >= 11 is 0. The molecule has 4 nitrogen and oxygen atoms in total. The highest BCUT2D eigenvalue weighted by molar-refractivity contribution is 5.25. The van der Waals surface area contributed by atoms with Crippen LogP contribution in [0.15, 0.2) is 6.20 Å². The van der Waals surface area contributed by atoms with E-state index in [0.717, 1.165) is 12.5 Å². The summed E-state index contributed by atoms with van der Waals surface area (Å²) in [5, 5.41) is 4.51. The van der Waals surface area contributed by atoms with Gasteiger partial charge >= 0.3 is 0 Å². The number of aryl methyl sites for hydroxylation is 1. The predicted octanol–water partition coefficient (Wildman–Crippen LogP) is 2.60. The average molecular weight is 290 g/mol. The average Bonchev–Trinajstić information content (AvgIpc) is 3.23. The van der Waals surface area contributed by atoms with Crippen molar-refractivity contribution in [2.24, 2.45) is 7.05 Å². The molecule has 0 bridgehead atoms. The Balaban J connectivity index is 1.66. The lowest BCUT2D eigenvalue weighted by Gasteiger charge is -2.43. The topological polar surface area (TPSA) is 24.3 Å². The normalized spacial score (nSPS) is 24.9. The molecule has 2 fully saturated rings. The van der Waals surface area contributed by atoms with Crippen LogP contribution in [0.1, 0.15) is 57.2 Å². The number of rotatable bonds is 5. The second kappa shape index (κ2) is 6.09. The first-order chi connectivity index (χ1) is 10.1. The van der Waals surface area contributed by atoms with Crippen molar-refractivity contribution in [3.8, 4) is 0 Å². The fraction of sp³-hybridized carbons (Fsp3) is 0.824. The van der Waals surface area contributed by atoms with Crippen molar-refractivity contribution in [1.29, 1.82) is 0 Å². The van der Waals surface area contributed by atoms with Crippen molar-refractivity contribution in [2.75, 3.05) is 19.6 Å². The molecule has 118 valence electrons. The van der Waals surface area contributed by atoms with Gasteiger partial charge in [-0.25, -0.2) is 0 Å². The molecule has 1 saturated heterocycles. The molecule has 3 rings (SSSR count). The molecule has 1 aromatic heterocycles. The van der Waals surface area contributed by atoms with Gasteiger partial charge in [-0.2, -0.15) is 5.10 Å². The summed E-state index contributed by atoms with van der Waals surface area (Å²) < 4.78 is 2.11. The predicted molar refractivity (Wildman–Crippen MR) is 86.4 cm³/mol. The molecule has 1 aromatic rings. The highest BCUT2D eigenvalue weighted by Crippen LogP contribution is 2.41. The van der Waals surface area contributed by atoms with Crippen LogP contribution < -0.4 is 0 Å². The highest BCUT2D eigenvalue weighted by Gasteiger charge is 2.31. The van der Waals surface area contributed by atoms with E-state index < -0.39 is 0 Å². The lowest BCUT2D eigenvalue weighted by molar-refractivity contribution is 0.0455. The van der Waals surface area contributed by atoms with Gasteiger partial charge in [0.05, 0.1) is 6.20 Å². The van der Waals surface area contributed by atoms with Gasteiger partial charge in [-0.05, 0) is 33.1 Å². The fourth-order valence-corrected chi connectivity index (χ4v) is 3.86. The van der Waals surface area contributed by atoms with Gasteiger partial charge in [0.1, 0.15) is 0 Å². The van der Waals surface area contributed by atoms with Gasteiger partial charge in [0.25, 0.3) is 0 Å². The summed E-state index contributed by atoms with van der Waals surface area (Å²) in [5.74, 6) is 0.784. The van der Waals surface area contributed by atoms with E-state index in [1.165, 1.54) is 50.2 Å². The van der Waals surface area contributed by atoms with Crippen molar-refractivity contribution in [3.63, 3.8) is 0 Å². The summed E-state index contributed by atoms with van der Waals surface area (Å²) in [6.45, 7) is 11.6. The van der Waals surface area contributed by atoms with Crippen LogP contribution >= 0.6 is 0 Å². The Morgan fingerprint density at radius 1 is 1.29 bits per heavy atom. The number of hydrogen-bond acceptors (Lipinski definition) is 3. The zero-order valence-corrected chi connectivity index (χ0v) is 14.0. The van der Waals surface area contributed by atoms with Crippen molar-refractivity contribution >= 4 is 0 Å². The number of nitrogens with zero attached hydrogens (tertiary/aromatic N) is 4. The van der Waals surface area contributed by atoms with Crippen LogP contribution in [0, 0.1) is 0 Å². The Morgan fingerprint density at radius 3 is 2.67 bits per heavy atom. The van der Waals surface area contributed by atoms with Crippen molar-refractivity contribution in [3.05, 3.63) is 17.5 Å². The largest absolute Gasteiger partial charge is 0.296 e. The van der Waals surface area contributed by atoms with E-state index in [1.807, 2.05) is 0 Å². The van der Waals surface area contributed by atoms with E-state index >= 15 is 0 Å². The van der Waals surface area contributed by atoms with Gasteiger partial charge in [0, 0.05) is 62.5 Å². The van der Waals surface area contributed by atoms with Crippen molar-refractivity contribution in [1.82, 2.24) is 19.6 Å². The first kappa shape index (κ1) is 15.0. The monoisotopic (exact) mass is 290 g/mol. The van der Waals surface area contributed by atoms with Crippen LogP contribution in [0.2, 0.25) is 0 Å². The molecule has 2 aliphatic rings. The second-order valence-electron chi connectivity index (χ2n) is 7.08. The molecule has 1 aliphatic carbocycles. The van der Waals surface area contributed by atoms with E-state index in [0.29, 0.717) is 12.1 Å². The minimum atomic E-state index is 0.664. The third-order valence-electron chi connectivity index (χ3n) is 5.17. The Labute approximate surface area is 129 Å². The van der Waals surface area contributed by atoms with Crippen LogP contribution in [-0.2, 0) is 13.6 Å². The first-order valence-corrected chi connectivity index (χ1v) is 8.59. The van der Waals surface area contributed by atoms with Gasteiger partial charge in [-0.15, -0.1) is 0 Å². The fourth-order valence-electron chi connectivity index (χ4n) is 3.86. The van der Waals surface area contributed by atoms with Gasteiger partial charge in [0.15, 0.2) is 0 Å². The third kappa shape index (κ3) is 3.16. The maximum absolute atomic E-state index is 4.51. The molecule has 2 heterocycles. The first-order valence-electron chi connectivity index (χ1n) is 8.59. The Hall–Kier alpha value is -0.870. The van der Waals surface area contributed by atoms with Crippen LogP contribution in [0.4, 0.5) is 0 Å². The molecule has 1 aliphatic heterocycles. The molecule has 0 spiro atoms. The Morgan fingerprint density at radius 2 is 2.05 bits per heavy atom. The molecule has 1 unspecified atom stereocenters. The number of aromatic nitrogens is 2. The van der Waals surface area contributed by atoms with Gasteiger partial charge in [0.2, 0.25) is 0 Å². The summed E-state index contributed by atoms with van der Waals surface area (Å²) in [7, 11) is 2.10. The molecular weight excluding hydrogens is 260 g/mol.